The van der Waals surface area contributed by atoms with Crippen LogP contribution in [0, 0.1) is 0 Å². The van der Waals surface area contributed by atoms with Gasteiger partial charge in [0.05, 0.1) is 30.0 Å². The third kappa shape index (κ3) is 2.97. The maximum absolute atomic E-state index is 11.5. The van der Waals surface area contributed by atoms with E-state index in [-0.39, 0.29) is 5.56 Å². The molecule has 122 valence electrons. The number of amides is 1. The molecule has 1 aromatic heterocycles. The molecule has 3 aromatic rings. The number of carbonyl (C=O) groups excluding carboxylic acids is 1. The van der Waals surface area contributed by atoms with Crippen LogP contribution in [0.3, 0.4) is 0 Å². The van der Waals surface area contributed by atoms with Crippen LogP contribution in [0.2, 0.25) is 0 Å². The predicted molar refractivity (Wildman–Crippen MR) is 90.2 cm³/mol. The van der Waals surface area contributed by atoms with E-state index in [0.29, 0.717) is 23.3 Å². The Morgan fingerprint density at radius 1 is 1.29 bits per heavy atom. The first-order valence-electron chi connectivity index (χ1n) is 7.27. The molecule has 1 heterocycles. The molecule has 0 unspecified atom stereocenters. The van der Waals surface area contributed by atoms with Crippen LogP contribution in [0.1, 0.15) is 15.9 Å². The van der Waals surface area contributed by atoms with Crippen molar-refractivity contribution in [1.29, 1.82) is 0 Å². The second-order valence-corrected chi connectivity index (χ2v) is 5.39. The number of primary amides is 1. The van der Waals surface area contributed by atoms with Crippen molar-refractivity contribution in [2.45, 2.75) is 6.54 Å². The fraction of sp³-hybridized carbons (Fsp3) is 0.125. The maximum Gasteiger partial charge on any atom is 0.488 e. The highest BCUT2D eigenvalue weighted by atomic mass is 16.5. The number of nitrogens with two attached hydrogens (primary N) is 1. The van der Waals surface area contributed by atoms with Gasteiger partial charge in [0.15, 0.2) is 0 Å². The minimum absolute atomic E-state index is 0.288. The first kappa shape index (κ1) is 16.0. The van der Waals surface area contributed by atoms with Gasteiger partial charge in [0.2, 0.25) is 0 Å². The van der Waals surface area contributed by atoms with Gasteiger partial charge in [-0.2, -0.15) is 0 Å². The summed E-state index contributed by atoms with van der Waals surface area (Å²) < 4.78 is 7.14. The summed E-state index contributed by atoms with van der Waals surface area (Å²) in [7, 11) is -0.00244. The number of methoxy groups -OCH3 is 1. The van der Waals surface area contributed by atoms with Gasteiger partial charge in [-0.25, -0.2) is 4.98 Å². The van der Waals surface area contributed by atoms with Crippen LogP contribution in [0.4, 0.5) is 0 Å². The highest BCUT2D eigenvalue weighted by Gasteiger charge is 2.14. The van der Waals surface area contributed by atoms with E-state index >= 15 is 0 Å². The van der Waals surface area contributed by atoms with Gasteiger partial charge >= 0.3 is 7.12 Å². The molecule has 2 aromatic carbocycles. The Hall–Kier alpha value is -2.84. The molecule has 0 aliphatic rings. The number of aromatic nitrogens is 2. The lowest BCUT2D eigenvalue weighted by Gasteiger charge is -2.09. The van der Waals surface area contributed by atoms with Gasteiger partial charge in [-0.1, -0.05) is 24.3 Å². The SMILES string of the molecule is COc1cc2c(cc1C(N)=O)ncn2Cc1ccc(B(O)O)cc1. The summed E-state index contributed by atoms with van der Waals surface area (Å²) in [5, 5.41) is 18.3. The lowest BCUT2D eigenvalue weighted by Crippen LogP contribution is -2.29. The van der Waals surface area contributed by atoms with Gasteiger partial charge in [-0.15, -0.1) is 0 Å². The third-order valence-electron chi connectivity index (χ3n) is 3.84. The van der Waals surface area contributed by atoms with Gasteiger partial charge < -0.3 is 25.1 Å². The zero-order valence-corrected chi connectivity index (χ0v) is 13.0. The number of carbonyl (C=O) groups is 1. The number of ether oxygens (including phenoxy) is 1. The second kappa shape index (κ2) is 6.35. The summed E-state index contributed by atoms with van der Waals surface area (Å²) in [6, 6.07) is 10.3. The Bertz CT molecular complexity index is 890. The molecule has 0 fully saturated rings. The van der Waals surface area contributed by atoms with E-state index in [0.717, 1.165) is 11.1 Å². The summed E-state index contributed by atoms with van der Waals surface area (Å²) in [5.41, 5.74) is 8.50. The van der Waals surface area contributed by atoms with Crippen molar-refractivity contribution in [3.63, 3.8) is 0 Å². The molecule has 0 saturated heterocycles. The quantitative estimate of drug-likeness (QED) is 0.566. The van der Waals surface area contributed by atoms with Crippen LogP contribution in [0.5, 0.6) is 5.75 Å². The van der Waals surface area contributed by atoms with Crippen molar-refractivity contribution < 1.29 is 19.6 Å². The van der Waals surface area contributed by atoms with E-state index in [4.69, 9.17) is 20.5 Å². The molecule has 0 aliphatic carbocycles. The molecule has 24 heavy (non-hydrogen) atoms. The molecular weight excluding hydrogens is 309 g/mol. The number of hydrogen-bond acceptors (Lipinski definition) is 5. The van der Waals surface area contributed by atoms with Crippen molar-refractivity contribution >= 4 is 29.5 Å². The standard InChI is InChI=1S/C16H16BN3O4/c1-24-15-7-14-13(6-12(15)16(18)21)19-9-20(14)8-10-2-4-11(5-3-10)17(22)23/h2-7,9,22-23H,8H2,1H3,(H2,18,21). The Kier molecular flexibility index (Phi) is 4.24. The van der Waals surface area contributed by atoms with E-state index in [2.05, 4.69) is 4.98 Å². The van der Waals surface area contributed by atoms with Gasteiger partial charge in [0.1, 0.15) is 5.75 Å². The summed E-state index contributed by atoms with van der Waals surface area (Å²) in [6.45, 7) is 0.539. The molecule has 0 spiro atoms. The van der Waals surface area contributed by atoms with Crippen LogP contribution in [0.25, 0.3) is 11.0 Å². The van der Waals surface area contributed by atoms with Gasteiger partial charge in [0, 0.05) is 12.6 Å². The van der Waals surface area contributed by atoms with Crippen molar-refractivity contribution in [3.8, 4) is 5.75 Å². The maximum atomic E-state index is 11.5. The summed E-state index contributed by atoms with van der Waals surface area (Å²) >= 11 is 0. The number of fused-ring (bicyclic) bond motifs is 1. The van der Waals surface area contributed by atoms with Gasteiger partial charge in [-0.3, -0.25) is 4.79 Å². The van der Waals surface area contributed by atoms with Gasteiger partial charge in [0.25, 0.3) is 5.91 Å². The molecule has 3 rings (SSSR count). The molecule has 0 bridgehead atoms. The Balaban J connectivity index is 1.96. The lowest BCUT2D eigenvalue weighted by molar-refractivity contribution is 0.0997. The van der Waals surface area contributed by atoms with Gasteiger partial charge in [-0.05, 0) is 17.1 Å². The monoisotopic (exact) mass is 325 g/mol. The first-order valence-corrected chi connectivity index (χ1v) is 7.27. The molecule has 0 aliphatic heterocycles. The zero-order valence-electron chi connectivity index (χ0n) is 13.0. The summed E-state index contributed by atoms with van der Waals surface area (Å²) in [5.74, 6) is -0.169. The molecule has 1 amide bonds. The normalized spacial score (nSPS) is 10.8. The van der Waals surface area contributed by atoms with E-state index in [1.165, 1.54) is 7.11 Å². The average molecular weight is 325 g/mol. The number of hydrogen-bond donors (Lipinski definition) is 3. The molecule has 7 nitrogen and oxygen atoms in total. The van der Waals surface area contributed by atoms with E-state index in [1.807, 2.05) is 16.7 Å². The van der Waals surface area contributed by atoms with Crippen LogP contribution in [-0.4, -0.2) is 39.7 Å². The Labute approximate surface area is 138 Å². The molecule has 8 heteroatoms. The fourth-order valence-corrected chi connectivity index (χ4v) is 2.56. The summed E-state index contributed by atoms with van der Waals surface area (Å²) in [4.78, 5) is 15.8. The van der Waals surface area contributed by atoms with Crippen LogP contribution >= 0.6 is 0 Å². The van der Waals surface area contributed by atoms with Crippen molar-refractivity contribution in [2.75, 3.05) is 7.11 Å². The highest BCUT2D eigenvalue weighted by molar-refractivity contribution is 6.58. The highest BCUT2D eigenvalue weighted by Crippen LogP contribution is 2.25. The van der Waals surface area contributed by atoms with Crippen molar-refractivity contribution in [2.24, 2.45) is 5.73 Å². The number of rotatable bonds is 5. The smallest absolute Gasteiger partial charge is 0.488 e. The Morgan fingerprint density at radius 2 is 2.00 bits per heavy atom. The predicted octanol–water partition coefficient (Wildman–Crippen LogP) is -0.128. The average Bonchev–Trinajstić information content (AvgIpc) is 2.96. The molecular formula is C16H16BN3O4. The summed E-state index contributed by atoms with van der Waals surface area (Å²) in [6.07, 6.45) is 1.67. The topological polar surface area (TPSA) is 111 Å². The second-order valence-electron chi connectivity index (χ2n) is 5.39. The third-order valence-corrected chi connectivity index (χ3v) is 3.84. The minimum atomic E-state index is -1.48. The van der Waals surface area contributed by atoms with E-state index in [1.54, 1.807) is 30.6 Å². The largest absolute Gasteiger partial charge is 0.496 e. The number of imidazole rings is 1. The van der Waals surface area contributed by atoms with E-state index in [9.17, 15) is 4.79 Å². The van der Waals surface area contributed by atoms with E-state index < -0.39 is 13.0 Å². The van der Waals surface area contributed by atoms with Crippen molar-refractivity contribution in [1.82, 2.24) is 9.55 Å². The fourth-order valence-electron chi connectivity index (χ4n) is 2.56. The lowest BCUT2D eigenvalue weighted by atomic mass is 9.80. The number of nitrogens with zero attached hydrogens (tertiary/aromatic N) is 2. The molecule has 0 atom stereocenters. The van der Waals surface area contributed by atoms with Crippen LogP contribution in [-0.2, 0) is 6.54 Å². The Morgan fingerprint density at radius 3 is 2.58 bits per heavy atom. The van der Waals surface area contributed by atoms with Crippen LogP contribution in [0.15, 0.2) is 42.7 Å². The molecule has 0 saturated carbocycles. The minimum Gasteiger partial charge on any atom is -0.496 e. The first-order chi connectivity index (χ1) is 11.5. The van der Waals surface area contributed by atoms with Crippen molar-refractivity contribution in [3.05, 3.63) is 53.9 Å². The zero-order chi connectivity index (χ0) is 17.3. The molecule has 4 N–H and O–H groups in total. The number of benzene rings is 2. The van der Waals surface area contributed by atoms with Crippen LogP contribution < -0.4 is 15.9 Å². The molecule has 0 radical (unpaired) electrons.